The summed E-state index contributed by atoms with van der Waals surface area (Å²) in [5.41, 5.74) is 1.99. The van der Waals surface area contributed by atoms with Crippen molar-refractivity contribution in [1.82, 2.24) is 4.98 Å². The Morgan fingerprint density at radius 3 is 2.57 bits per heavy atom. The van der Waals surface area contributed by atoms with Crippen molar-refractivity contribution in [3.8, 4) is 11.3 Å². The quantitative estimate of drug-likeness (QED) is 0.780. The van der Waals surface area contributed by atoms with E-state index in [1.54, 1.807) is 12.3 Å². The van der Waals surface area contributed by atoms with Crippen LogP contribution in [0.1, 0.15) is 5.56 Å². The summed E-state index contributed by atoms with van der Waals surface area (Å²) >= 11 is 0. The molecule has 0 bridgehead atoms. The van der Waals surface area contributed by atoms with Crippen LogP contribution in [-0.2, 0) is 6.54 Å². The van der Waals surface area contributed by atoms with E-state index in [2.05, 4.69) is 10.3 Å². The Labute approximate surface area is 120 Å². The van der Waals surface area contributed by atoms with Gasteiger partial charge in [-0.3, -0.25) is 0 Å². The van der Waals surface area contributed by atoms with Crippen molar-refractivity contribution in [3.63, 3.8) is 0 Å². The van der Waals surface area contributed by atoms with Crippen molar-refractivity contribution in [2.24, 2.45) is 0 Å². The molecule has 0 amide bonds. The standard InChI is InChI=1S/C16H12F2N2O/c17-14-3-1-2-12(16(14)18)8-20-13-6-4-11(5-7-13)15-9-19-10-21-15/h1-7,9-10,20H,8H2. The monoisotopic (exact) mass is 286 g/mol. The topological polar surface area (TPSA) is 38.1 Å². The second-order valence-corrected chi connectivity index (χ2v) is 4.51. The van der Waals surface area contributed by atoms with E-state index in [9.17, 15) is 8.78 Å². The summed E-state index contributed by atoms with van der Waals surface area (Å²) in [7, 11) is 0. The zero-order valence-corrected chi connectivity index (χ0v) is 11.0. The van der Waals surface area contributed by atoms with Crippen LogP contribution in [0.4, 0.5) is 14.5 Å². The zero-order chi connectivity index (χ0) is 14.7. The van der Waals surface area contributed by atoms with Gasteiger partial charge in [-0.1, -0.05) is 12.1 Å². The number of benzene rings is 2. The van der Waals surface area contributed by atoms with Crippen LogP contribution in [0.25, 0.3) is 11.3 Å². The predicted molar refractivity (Wildman–Crippen MR) is 75.6 cm³/mol. The van der Waals surface area contributed by atoms with E-state index >= 15 is 0 Å². The van der Waals surface area contributed by atoms with Crippen molar-refractivity contribution >= 4 is 5.69 Å². The minimum absolute atomic E-state index is 0.214. The first-order chi connectivity index (χ1) is 10.2. The molecule has 0 fully saturated rings. The number of hydrogen-bond donors (Lipinski definition) is 1. The summed E-state index contributed by atoms with van der Waals surface area (Å²) in [5.74, 6) is -0.976. The molecule has 0 atom stereocenters. The van der Waals surface area contributed by atoms with Gasteiger partial charge in [0.1, 0.15) is 0 Å². The average molecular weight is 286 g/mol. The minimum atomic E-state index is -0.838. The van der Waals surface area contributed by atoms with Gasteiger partial charge in [0.2, 0.25) is 0 Å². The van der Waals surface area contributed by atoms with Crippen LogP contribution in [-0.4, -0.2) is 4.98 Å². The summed E-state index contributed by atoms with van der Waals surface area (Å²) in [6, 6.07) is 11.6. The summed E-state index contributed by atoms with van der Waals surface area (Å²) < 4.78 is 31.8. The van der Waals surface area contributed by atoms with E-state index in [-0.39, 0.29) is 12.1 Å². The highest BCUT2D eigenvalue weighted by Gasteiger charge is 2.07. The van der Waals surface area contributed by atoms with Crippen molar-refractivity contribution in [1.29, 1.82) is 0 Å². The maximum Gasteiger partial charge on any atom is 0.181 e. The molecule has 0 saturated carbocycles. The molecule has 3 nitrogen and oxygen atoms in total. The number of aromatic nitrogens is 1. The van der Waals surface area contributed by atoms with Crippen LogP contribution in [0.5, 0.6) is 0 Å². The maximum atomic E-state index is 13.5. The van der Waals surface area contributed by atoms with E-state index in [4.69, 9.17) is 4.42 Å². The SMILES string of the molecule is Fc1cccc(CNc2ccc(-c3cnco3)cc2)c1F. The van der Waals surface area contributed by atoms with Crippen LogP contribution < -0.4 is 5.32 Å². The molecule has 0 aliphatic rings. The number of hydrogen-bond acceptors (Lipinski definition) is 3. The van der Waals surface area contributed by atoms with Gasteiger partial charge in [0.15, 0.2) is 23.8 Å². The third kappa shape index (κ3) is 2.91. The predicted octanol–water partition coefficient (Wildman–Crippen LogP) is 4.23. The summed E-state index contributed by atoms with van der Waals surface area (Å²) in [4.78, 5) is 3.86. The molecule has 21 heavy (non-hydrogen) atoms. The Hall–Kier alpha value is -2.69. The second-order valence-electron chi connectivity index (χ2n) is 4.51. The van der Waals surface area contributed by atoms with E-state index in [0.717, 1.165) is 17.3 Å². The lowest BCUT2D eigenvalue weighted by atomic mass is 10.1. The minimum Gasteiger partial charge on any atom is -0.444 e. The molecule has 0 aliphatic carbocycles. The van der Waals surface area contributed by atoms with Gasteiger partial charge in [-0.25, -0.2) is 13.8 Å². The fourth-order valence-electron chi connectivity index (χ4n) is 1.99. The normalized spacial score (nSPS) is 10.6. The molecule has 1 heterocycles. The molecule has 3 aromatic rings. The number of oxazole rings is 1. The van der Waals surface area contributed by atoms with Gasteiger partial charge >= 0.3 is 0 Å². The molecule has 1 N–H and O–H groups in total. The number of halogens is 2. The lowest BCUT2D eigenvalue weighted by molar-refractivity contribution is 0.500. The summed E-state index contributed by atoms with van der Waals surface area (Å²) in [5, 5.41) is 3.05. The van der Waals surface area contributed by atoms with E-state index in [1.165, 1.54) is 12.5 Å². The largest absolute Gasteiger partial charge is 0.444 e. The molecule has 0 aliphatic heterocycles. The molecule has 0 spiro atoms. The lowest BCUT2D eigenvalue weighted by Crippen LogP contribution is -2.03. The third-order valence-electron chi connectivity index (χ3n) is 3.12. The zero-order valence-electron chi connectivity index (χ0n) is 11.0. The molecular formula is C16H12F2N2O. The Balaban J connectivity index is 1.70. The molecule has 0 saturated heterocycles. The highest BCUT2D eigenvalue weighted by molar-refractivity contribution is 5.60. The number of nitrogens with zero attached hydrogens (tertiary/aromatic N) is 1. The Kier molecular flexibility index (Phi) is 3.64. The average Bonchev–Trinajstić information content (AvgIpc) is 3.04. The second kappa shape index (κ2) is 5.75. The molecule has 5 heteroatoms. The van der Waals surface area contributed by atoms with Gasteiger partial charge in [0.25, 0.3) is 0 Å². The highest BCUT2D eigenvalue weighted by Crippen LogP contribution is 2.21. The van der Waals surface area contributed by atoms with Gasteiger partial charge in [0.05, 0.1) is 6.20 Å². The number of rotatable bonds is 4. The molecular weight excluding hydrogens is 274 g/mol. The highest BCUT2D eigenvalue weighted by atomic mass is 19.2. The lowest BCUT2D eigenvalue weighted by Gasteiger charge is -2.08. The fourth-order valence-corrected chi connectivity index (χ4v) is 1.99. The number of anilines is 1. The van der Waals surface area contributed by atoms with Crippen molar-refractivity contribution in [3.05, 3.63) is 72.3 Å². The van der Waals surface area contributed by atoms with Crippen LogP contribution in [0.3, 0.4) is 0 Å². The van der Waals surface area contributed by atoms with Crippen LogP contribution in [0.2, 0.25) is 0 Å². The van der Waals surface area contributed by atoms with Crippen molar-refractivity contribution < 1.29 is 13.2 Å². The molecule has 3 rings (SSSR count). The first kappa shape index (κ1) is 13.3. The van der Waals surface area contributed by atoms with E-state index in [0.29, 0.717) is 5.76 Å². The van der Waals surface area contributed by atoms with Gasteiger partial charge in [-0.2, -0.15) is 0 Å². The van der Waals surface area contributed by atoms with Crippen molar-refractivity contribution in [2.45, 2.75) is 6.54 Å². The summed E-state index contributed by atoms with van der Waals surface area (Å²) in [6.45, 7) is 0.214. The Morgan fingerprint density at radius 2 is 1.86 bits per heavy atom. The Bertz CT molecular complexity index is 725. The molecule has 1 aromatic heterocycles. The maximum absolute atomic E-state index is 13.5. The molecule has 2 aromatic carbocycles. The van der Waals surface area contributed by atoms with E-state index < -0.39 is 11.6 Å². The Morgan fingerprint density at radius 1 is 1.05 bits per heavy atom. The van der Waals surface area contributed by atoms with Crippen LogP contribution in [0, 0.1) is 11.6 Å². The van der Waals surface area contributed by atoms with Gasteiger partial charge in [-0.05, 0) is 30.3 Å². The van der Waals surface area contributed by atoms with Gasteiger partial charge in [0, 0.05) is 23.4 Å². The molecule has 0 radical (unpaired) electrons. The third-order valence-corrected chi connectivity index (χ3v) is 3.12. The molecule has 0 unspecified atom stereocenters. The van der Waals surface area contributed by atoms with Gasteiger partial charge < -0.3 is 9.73 Å². The van der Waals surface area contributed by atoms with Gasteiger partial charge in [-0.15, -0.1) is 0 Å². The van der Waals surface area contributed by atoms with E-state index in [1.807, 2.05) is 24.3 Å². The molecule has 106 valence electrons. The summed E-state index contributed by atoms with van der Waals surface area (Å²) in [6.07, 6.45) is 3.00. The van der Waals surface area contributed by atoms with Crippen molar-refractivity contribution in [2.75, 3.05) is 5.32 Å². The number of nitrogens with one attached hydrogen (secondary N) is 1. The van der Waals surface area contributed by atoms with Crippen LogP contribution in [0.15, 0.2) is 59.5 Å². The first-order valence-electron chi connectivity index (χ1n) is 6.40. The first-order valence-corrected chi connectivity index (χ1v) is 6.40. The smallest absolute Gasteiger partial charge is 0.181 e. The fraction of sp³-hybridized carbons (Fsp3) is 0.0625. The van der Waals surface area contributed by atoms with Crippen LogP contribution >= 0.6 is 0 Å².